The molecule has 0 aliphatic heterocycles. The van der Waals surface area contributed by atoms with Crippen LogP contribution in [0, 0.1) is 0 Å². The third-order valence-electron chi connectivity index (χ3n) is 1.63. The number of carbonyl (C=O) groups is 1. The number of ether oxygens (including phenoxy) is 1. The quantitative estimate of drug-likeness (QED) is 0.890. The van der Waals surface area contributed by atoms with Crippen LogP contribution in [0.4, 0.5) is 5.69 Å². The van der Waals surface area contributed by atoms with Crippen molar-refractivity contribution in [2.45, 2.75) is 13.8 Å². The van der Waals surface area contributed by atoms with E-state index in [0.29, 0.717) is 28.1 Å². The Morgan fingerprint density at radius 1 is 1.40 bits per heavy atom. The first-order valence-electron chi connectivity index (χ1n) is 4.44. The number of hydrogen-bond donors (Lipinski definition) is 1. The Morgan fingerprint density at radius 2 is 2.07 bits per heavy atom. The third kappa shape index (κ3) is 3.29. The Morgan fingerprint density at radius 3 is 2.60 bits per heavy atom. The normalized spacial score (nSPS) is 9.87. The molecule has 1 aromatic rings. The molecule has 0 aromatic heterocycles. The van der Waals surface area contributed by atoms with Crippen molar-refractivity contribution in [2.75, 3.05) is 11.9 Å². The van der Waals surface area contributed by atoms with Crippen LogP contribution in [0.15, 0.2) is 12.1 Å². The molecule has 1 rings (SSSR count). The summed E-state index contributed by atoms with van der Waals surface area (Å²) < 4.78 is 5.25. The number of nitrogens with one attached hydrogen (secondary N) is 1. The van der Waals surface area contributed by atoms with Gasteiger partial charge < -0.3 is 10.1 Å². The van der Waals surface area contributed by atoms with Crippen LogP contribution in [-0.2, 0) is 4.79 Å². The molecule has 1 N–H and O–H groups in total. The summed E-state index contributed by atoms with van der Waals surface area (Å²) in [6.07, 6.45) is 0. The van der Waals surface area contributed by atoms with E-state index in [1.54, 1.807) is 12.1 Å². The Labute approximate surface area is 98.3 Å². The molecule has 0 aliphatic carbocycles. The number of hydrogen-bond acceptors (Lipinski definition) is 2. The van der Waals surface area contributed by atoms with E-state index < -0.39 is 0 Å². The lowest BCUT2D eigenvalue weighted by Crippen LogP contribution is -2.06. The van der Waals surface area contributed by atoms with Crippen molar-refractivity contribution in [3.63, 3.8) is 0 Å². The average Bonchev–Trinajstić information content (AvgIpc) is 2.13. The molecule has 15 heavy (non-hydrogen) atoms. The first kappa shape index (κ1) is 12.1. The summed E-state index contributed by atoms with van der Waals surface area (Å²) >= 11 is 11.9. The smallest absolute Gasteiger partial charge is 0.221 e. The highest BCUT2D eigenvalue weighted by atomic mass is 35.5. The molecule has 0 saturated carbocycles. The summed E-state index contributed by atoms with van der Waals surface area (Å²) in [5.41, 5.74) is 0.484. The van der Waals surface area contributed by atoms with E-state index in [2.05, 4.69) is 5.32 Å². The van der Waals surface area contributed by atoms with Gasteiger partial charge in [0.1, 0.15) is 5.75 Å². The molecule has 3 nitrogen and oxygen atoms in total. The van der Waals surface area contributed by atoms with Crippen molar-refractivity contribution in [2.24, 2.45) is 0 Å². The highest BCUT2D eigenvalue weighted by Crippen LogP contribution is 2.34. The fourth-order valence-electron chi connectivity index (χ4n) is 1.08. The fourth-order valence-corrected chi connectivity index (χ4v) is 1.50. The predicted octanol–water partition coefficient (Wildman–Crippen LogP) is 3.35. The third-order valence-corrected chi connectivity index (χ3v) is 2.24. The minimum atomic E-state index is -0.197. The largest absolute Gasteiger partial charge is 0.492 e. The number of carbonyl (C=O) groups excluding carboxylic acids is 1. The first-order valence-corrected chi connectivity index (χ1v) is 5.19. The van der Waals surface area contributed by atoms with Crippen LogP contribution < -0.4 is 10.1 Å². The van der Waals surface area contributed by atoms with Crippen LogP contribution in [0.5, 0.6) is 5.75 Å². The second kappa shape index (κ2) is 5.24. The van der Waals surface area contributed by atoms with E-state index in [-0.39, 0.29) is 5.91 Å². The Kier molecular flexibility index (Phi) is 4.24. The van der Waals surface area contributed by atoms with Crippen molar-refractivity contribution in [3.05, 3.63) is 22.2 Å². The molecule has 5 heteroatoms. The zero-order chi connectivity index (χ0) is 11.4. The second-order valence-electron chi connectivity index (χ2n) is 2.88. The molecule has 82 valence electrons. The van der Waals surface area contributed by atoms with Gasteiger partial charge in [0.15, 0.2) is 0 Å². The minimum absolute atomic E-state index is 0.197. The summed E-state index contributed by atoms with van der Waals surface area (Å²) in [7, 11) is 0. The average molecular weight is 248 g/mol. The molecule has 1 aromatic carbocycles. The second-order valence-corrected chi connectivity index (χ2v) is 3.69. The van der Waals surface area contributed by atoms with Crippen molar-refractivity contribution in [1.29, 1.82) is 0 Å². The lowest BCUT2D eigenvalue weighted by Gasteiger charge is -2.10. The van der Waals surface area contributed by atoms with Gasteiger partial charge in [-0.05, 0) is 13.0 Å². The number of amides is 1. The number of benzene rings is 1. The molecule has 0 unspecified atom stereocenters. The maximum Gasteiger partial charge on any atom is 0.221 e. The van der Waals surface area contributed by atoms with Crippen molar-refractivity contribution >= 4 is 34.8 Å². The number of halogens is 2. The van der Waals surface area contributed by atoms with E-state index in [0.717, 1.165) is 0 Å². The zero-order valence-corrected chi connectivity index (χ0v) is 9.95. The zero-order valence-electron chi connectivity index (χ0n) is 8.43. The van der Waals surface area contributed by atoms with E-state index in [1.165, 1.54) is 6.92 Å². The predicted molar refractivity (Wildman–Crippen MR) is 61.9 cm³/mol. The summed E-state index contributed by atoms with van der Waals surface area (Å²) in [5.74, 6) is 0.315. The lowest BCUT2D eigenvalue weighted by molar-refractivity contribution is -0.114. The minimum Gasteiger partial charge on any atom is -0.492 e. The van der Waals surface area contributed by atoms with Crippen LogP contribution >= 0.6 is 23.2 Å². The standard InChI is InChI=1S/C10H11Cl2NO2/c1-3-15-10-5-7(11)9(4-8(10)12)13-6(2)14/h4-5H,3H2,1-2H3,(H,13,14). The summed E-state index contributed by atoms with van der Waals surface area (Å²) in [5, 5.41) is 3.39. The summed E-state index contributed by atoms with van der Waals surface area (Å²) in [4.78, 5) is 10.8. The summed E-state index contributed by atoms with van der Waals surface area (Å²) in [6.45, 7) is 3.77. The fraction of sp³-hybridized carbons (Fsp3) is 0.300. The van der Waals surface area contributed by atoms with Gasteiger partial charge in [-0.15, -0.1) is 0 Å². The molecule has 0 spiro atoms. The summed E-state index contributed by atoms with van der Waals surface area (Å²) in [6, 6.07) is 3.15. The molecule has 0 atom stereocenters. The van der Waals surface area contributed by atoms with Gasteiger partial charge in [-0.3, -0.25) is 4.79 Å². The highest BCUT2D eigenvalue weighted by Gasteiger charge is 2.08. The monoisotopic (exact) mass is 247 g/mol. The van der Waals surface area contributed by atoms with Crippen LogP contribution in [0.1, 0.15) is 13.8 Å². The van der Waals surface area contributed by atoms with Gasteiger partial charge >= 0.3 is 0 Å². The molecule has 0 aliphatic rings. The number of rotatable bonds is 3. The maximum absolute atomic E-state index is 10.8. The Bertz CT molecular complexity index is 380. The molecule has 0 fully saturated rings. The highest BCUT2D eigenvalue weighted by molar-refractivity contribution is 6.36. The molecule has 0 bridgehead atoms. The van der Waals surface area contributed by atoms with Gasteiger partial charge in [0.2, 0.25) is 5.91 Å². The van der Waals surface area contributed by atoms with Gasteiger partial charge in [-0.25, -0.2) is 0 Å². The van der Waals surface area contributed by atoms with Gasteiger partial charge in [-0.2, -0.15) is 0 Å². The van der Waals surface area contributed by atoms with E-state index >= 15 is 0 Å². The molecule has 0 heterocycles. The van der Waals surface area contributed by atoms with Crippen molar-refractivity contribution < 1.29 is 9.53 Å². The van der Waals surface area contributed by atoms with Crippen LogP contribution in [-0.4, -0.2) is 12.5 Å². The number of anilines is 1. The molecular formula is C10H11Cl2NO2. The van der Waals surface area contributed by atoms with Crippen LogP contribution in [0.25, 0.3) is 0 Å². The van der Waals surface area contributed by atoms with Crippen LogP contribution in [0.2, 0.25) is 10.0 Å². The molecular weight excluding hydrogens is 237 g/mol. The van der Waals surface area contributed by atoms with Crippen molar-refractivity contribution in [1.82, 2.24) is 0 Å². The first-order chi connectivity index (χ1) is 7.04. The molecule has 0 radical (unpaired) electrons. The van der Waals surface area contributed by atoms with Crippen LogP contribution in [0.3, 0.4) is 0 Å². The van der Waals surface area contributed by atoms with Gasteiger partial charge in [0, 0.05) is 13.0 Å². The maximum atomic E-state index is 10.8. The molecule has 1 amide bonds. The van der Waals surface area contributed by atoms with E-state index in [1.807, 2.05) is 6.92 Å². The molecule has 0 saturated heterocycles. The topological polar surface area (TPSA) is 38.3 Å². The van der Waals surface area contributed by atoms with Gasteiger partial charge in [0.05, 0.1) is 22.3 Å². The van der Waals surface area contributed by atoms with E-state index in [4.69, 9.17) is 27.9 Å². The SMILES string of the molecule is CCOc1cc(Cl)c(NC(C)=O)cc1Cl. The lowest BCUT2D eigenvalue weighted by atomic mass is 10.3. The Hall–Kier alpha value is -0.930. The van der Waals surface area contributed by atoms with Gasteiger partial charge in [-0.1, -0.05) is 23.2 Å². The van der Waals surface area contributed by atoms with Crippen molar-refractivity contribution in [3.8, 4) is 5.75 Å². The Balaban J connectivity index is 3.02. The van der Waals surface area contributed by atoms with Gasteiger partial charge in [0.25, 0.3) is 0 Å². The van der Waals surface area contributed by atoms with E-state index in [9.17, 15) is 4.79 Å².